The number of amides is 1. The van der Waals surface area contributed by atoms with Crippen molar-refractivity contribution >= 4 is 5.91 Å². The quantitative estimate of drug-likeness (QED) is 0.789. The van der Waals surface area contributed by atoms with Gasteiger partial charge in [0.05, 0.1) is 23.5 Å². The van der Waals surface area contributed by atoms with Crippen molar-refractivity contribution in [1.29, 1.82) is 0 Å². The van der Waals surface area contributed by atoms with Crippen LogP contribution in [0.1, 0.15) is 59.9 Å². The van der Waals surface area contributed by atoms with Gasteiger partial charge in [-0.05, 0) is 31.4 Å². The van der Waals surface area contributed by atoms with Gasteiger partial charge in [0.1, 0.15) is 0 Å². The first kappa shape index (κ1) is 18.2. The summed E-state index contributed by atoms with van der Waals surface area (Å²) in [7, 11) is 0. The van der Waals surface area contributed by atoms with Crippen LogP contribution in [0.2, 0.25) is 0 Å². The Hall–Kier alpha value is -2.14. The van der Waals surface area contributed by atoms with Gasteiger partial charge >= 0.3 is 0 Å². The third-order valence-corrected chi connectivity index (χ3v) is 5.88. The molecule has 0 unspecified atom stereocenters. The Bertz CT molecular complexity index is 786. The van der Waals surface area contributed by atoms with Crippen molar-refractivity contribution in [2.75, 3.05) is 32.7 Å². The van der Waals surface area contributed by atoms with Gasteiger partial charge in [0.15, 0.2) is 0 Å². The molecule has 27 heavy (non-hydrogen) atoms. The second kappa shape index (κ2) is 7.85. The minimum absolute atomic E-state index is 0.198. The van der Waals surface area contributed by atoms with Crippen LogP contribution < -0.4 is 0 Å². The van der Waals surface area contributed by atoms with Crippen LogP contribution >= 0.6 is 0 Å². The Labute approximate surface area is 162 Å². The minimum atomic E-state index is 0.198. The fourth-order valence-corrected chi connectivity index (χ4v) is 4.06. The van der Waals surface area contributed by atoms with Gasteiger partial charge in [0.25, 0.3) is 5.91 Å². The lowest BCUT2D eigenvalue weighted by atomic mass is 10.1. The van der Waals surface area contributed by atoms with Crippen molar-refractivity contribution in [2.45, 2.75) is 45.6 Å². The standard InChI is InChI=1S/C22H30N4O/c1-3-19-20(22(27)25-14-12-24(4-2)13-15-25)21(18-10-11-18)23-26(19)16-17-8-6-5-7-9-17/h5-9,18H,3-4,10-16H2,1-2H3. The van der Waals surface area contributed by atoms with Crippen molar-refractivity contribution in [1.82, 2.24) is 19.6 Å². The molecule has 1 amide bonds. The molecule has 144 valence electrons. The summed E-state index contributed by atoms with van der Waals surface area (Å²) >= 11 is 0. The van der Waals surface area contributed by atoms with Gasteiger partial charge in [-0.25, -0.2) is 0 Å². The van der Waals surface area contributed by atoms with E-state index in [4.69, 9.17) is 5.10 Å². The van der Waals surface area contributed by atoms with Crippen molar-refractivity contribution in [3.05, 3.63) is 52.8 Å². The molecule has 1 aliphatic carbocycles. The Balaban J connectivity index is 1.63. The van der Waals surface area contributed by atoms with E-state index in [9.17, 15) is 4.79 Å². The molecule has 0 radical (unpaired) electrons. The summed E-state index contributed by atoms with van der Waals surface area (Å²) < 4.78 is 2.08. The molecule has 1 saturated heterocycles. The predicted octanol–water partition coefficient (Wildman–Crippen LogP) is 3.15. The molecule has 1 aromatic carbocycles. The number of carbonyl (C=O) groups is 1. The Morgan fingerprint density at radius 3 is 2.37 bits per heavy atom. The summed E-state index contributed by atoms with van der Waals surface area (Å²) in [4.78, 5) is 17.9. The summed E-state index contributed by atoms with van der Waals surface area (Å²) in [6, 6.07) is 10.4. The summed E-state index contributed by atoms with van der Waals surface area (Å²) in [5.41, 5.74) is 4.28. The molecule has 5 heteroatoms. The highest BCUT2D eigenvalue weighted by Crippen LogP contribution is 2.42. The maximum atomic E-state index is 13.4. The molecule has 5 nitrogen and oxygen atoms in total. The predicted molar refractivity (Wildman–Crippen MR) is 107 cm³/mol. The van der Waals surface area contributed by atoms with Crippen molar-refractivity contribution in [3.8, 4) is 0 Å². The van der Waals surface area contributed by atoms with Gasteiger partial charge in [-0.1, -0.05) is 44.2 Å². The van der Waals surface area contributed by atoms with E-state index in [1.807, 2.05) is 11.0 Å². The molecule has 4 rings (SSSR count). The first-order valence-electron chi connectivity index (χ1n) is 10.4. The molecular weight excluding hydrogens is 336 g/mol. The zero-order chi connectivity index (χ0) is 18.8. The summed E-state index contributed by atoms with van der Waals surface area (Å²) in [5.74, 6) is 0.673. The molecular formula is C22H30N4O. The fourth-order valence-electron chi connectivity index (χ4n) is 4.06. The molecule has 0 N–H and O–H groups in total. The number of nitrogens with zero attached hydrogens (tertiary/aromatic N) is 4. The van der Waals surface area contributed by atoms with E-state index in [1.54, 1.807) is 0 Å². The summed E-state index contributed by atoms with van der Waals surface area (Å²) in [6.07, 6.45) is 3.16. The topological polar surface area (TPSA) is 41.4 Å². The number of aromatic nitrogens is 2. The molecule has 1 aliphatic heterocycles. The van der Waals surface area contributed by atoms with Crippen molar-refractivity contribution < 1.29 is 4.79 Å². The molecule has 2 heterocycles. The summed E-state index contributed by atoms with van der Waals surface area (Å²) in [5, 5.41) is 4.94. The lowest BCUT2D eigenvalue weighted by molar-refractivity contribution is 0.0641. The van der Waals surface area contributed by atoms with Gasteiger partial charge < -0.3 is 9.80 Å². The maximum absolute atomic E-state index is 13.4. The maximum Gasteiger partial charge on any atom is 0.257 e. The van der Waals surface area contributed by atoms with Crippen LogP contribution in [0, 0.1) is 0 Å². The number of benzene rings is 1. The number of rotatable bonds is 6. The van der Waals surface area contributed by atoms with E-state index >= 15 is 0 Å². The first-order valence-corrected chi connectivity index (χ1v) is 10.4. The van der Waals surface area contributed by atoms with Crippen LogP contribution in [0.5, 0.6) is 0 Å². The largest absolute Gasteiger partial charge is 0.336 e. The zero-order valence-corrected chi connectivity index (χ0v) is 16.5. The molecule has 0 atom stereocenters. The number of piperazine rings is 1. The smallest absolute Gasteiger partial charge is 0.257 e. The van der Waals surface area contributed by atoms with Gasteiger partial charge in [0, 0.05) is 32.1 Å². The molecule has 2 aliphatic rings. The van der Waals surface area contributed by atoms with Crippen LogP contribution in [0.3, 0.4) is 0 Å². The third-order valence-electron chi connectivity index (χ3n) is 5.88. The van der Waals surface area contributed by atoms with Gasteiger partial charge in [-0.2, -0.15) is 5.10 Å². The minimum Gasteiger partial charge on any atom is -0.336 e. The second-order valence-electron chi connectivity index (χ2n) is 7.70. The highest BCUT2D eigenvalue weighted by molar-refractivity contribution is 5.97. The van der Waals surface area contributed by atoms with Crippen LogP contribution in [0.25, 0.3) is 0 Å². The average Bonchev–Trinajstić information content (AvgIpc) is 3.50. The highest BCUT2D eigenvalue weighted by atomic mass is 16.2. The fraction of sp³-hybridized carbons (Fsp3) is 0.545. The van der Waals surface area contributed by atoms with Gasteiger partial charge in [0.2, 0.25) is 0 Å². The van der Waals surface area contributed by atoms with Crippen molar-refractivity contribution in [3.63, 3.8) is 0 Å². The van der Waals surface area contributed by atoms with Crippen molar-refractivity contribution in [2.24, 2.45) is 0 Å². The average molecular weight is 367 g/mol. The number of carbonyl (C=O) groups excluding carboxylic acids is 1. The van der Waals surface area contributed by atoms with E-state index in [0.29, 0.717) is 5.92 Å². The zero-order valence-electron chi connectivity index (χ0n) is 16.5. The van der Waals surface area contributed by atoms with Crippen LogP contribution in [-0.4, -0.2) is 58.2 Å². The van der Waals surface area contributed by atoms with Crippen LogP contribution in [0.4, 0.5) is 0 Å². The number of hydrogen-bond acceptors (Lipinski definition) is 3. The molecule has 0 spiro atoms. The number of hydrogen-bond donors (Lipinski definition) is 0. The Morgan fingerprint density at radius 1 is 1.07 bits per heavy atom. The second-order valence-corrected chi connectivity index (χ2v) is 7.70. The lowest BCUT2D eigenvalue weighted by Crippen LogP contribution is -2.48. The SMILES string of the molecule is CCc1c(C(=O)N2CCN(CC)CC2)c(C2CC2)nn1Cc1ccccc1. The van der Waals surface area contributed by atoms with E-state index < -0.39 is 0 Å². The number of likely N-dealkylation sites (N-methyl/N-ethyl adjacent to an activating group) is 1. The third kappa shape index (κ3) is 3.79. The molecule has 2 aromatic rings. The molecule has 0 bridgehead atoms. The van der Waals surface area contributed by atoms with E-state index in [-0.39, 0.29) is 5.91 Å². The first-order chi connectivity index (χ1) is 13.2. The van der Waals surface area contributed by atoms with E-state index in [0.717, 1.165) is 75.5 Å². The van der Waals surface area contributed by atoms with Gasteiger partial charge in [-0.3, -0.25) is 9.48 Å². The molecule has 1 aromatic heterocycles. The van der Waals surface area contributed by atoms with E-state index in [2.05, 4.69) is 47.7 Å². The Morgan fingerprint density at radius 2 is 1.78 bits per heavy atom. The Kier molecular flexibility index (Phi) is 5.30. The normalized spacial score (nSPS) is 18.1. The van der Waals surface area contributed by atoms with Crippen LogP contribution in [-0.2, 0) is 13.0 Å². The lowest BCUT2D eigenvalue weighted by Gasteiger charge is -2.34. The van der Waals surface area contributed by atoms with E-state index in [1.165, 1.54) is 5.56 Å². The molecule has 2 fully saturated rings. The van der Waals surface area contributed by atoms with Gasteiger partial charge in [-0.15, -0.1) is 0 Å². The monoisotopic (exact) mass is 366 g/mol. The highest BCUT2D eigenvalue weighted by Gasteiger charge is 2.36. The van der Waals surface area contributed by atoms with Crippen LogP contribution in [0.15, 0.2) is 30.3 Å². The molecule has 1 saturated carbocycles. The summed E-state index contributed by atoms with van der Waals surface area (Å²) in [6.45, 7) is 9.71.